The van der Waals surface area contributed by atoms with Crippen molar-refractivity contribution in [3.05, 3.63) is 52.6 Å². The molecule has 0 aromatic heterocycles. The monoisotopic (exact) mass is 302 g/mol. The van der Waals surface area contributed by atoms with Gasteiger partial charge in [-0.15, -0.1) is 0 Å². The largest absolute Gasteiger partial charge is 0.352 e. The van der Waals surface area contributed by atoms with Crippen molar-refractivity contribution < 1.29 is 0 Å². The van der Waals surface area contributed by atoms with Crippen molar-refractivity contribution in [1.82, 2.24) is 0 Å². The second-order valence-electron chi connectivity index (χ2n) is 5.93. The maximum Gasteiger partial charge on any atom is 0.103 e. The molecule has 1 aliphatic rings. The molecule has 0 radical (unpaired) electrons. The average molecular weight is 302 g/mol. The molecule has 4 nitrogen and oxygen atoms in total. The van der Waals surface area contributed by atoms with E-state index in [9.17, 15) is 10.5 Å². The molecule has 4 heteroatoms. The van der Waals surface area contributed by atoms with E-state index in [0.29, 0.717) is 11.1 Å². The Bertz CT molecular complexity index is 850. The van der Waals surface area contributed by atoms with Gasteiger partial charge in [0.25, 0.3) is 0 Å². The SMILES string of the molecule is Cc1cccc(C)c1N1c2c(ccc(C#N)c2C#N)N(C)[C@@H]1C. The molecule has 0 bridgehead atoms. The van der Waals surface area contributed by atoms with E-state index in [1.807, 2.05) is 19.2 Å². The van der Waals surface area contributed by atoms with Crippen LogP contribution in [0.25, 0.3) is 0 Å². The van der Waals surface area contributed by atoms with Crippen LogP contribution in [0.5, 0.6) is 0 Å². The van der Waals surface area contributed by atoms with Crippen molar-refractivity contribution in [2.24, 2.45) is 0 Å². The molecule has 1 heterocycles. The number of benzene rings is 2. The Morgan fingerprint density at radius 2 is 1.61 bits per heavy atom. The van der Waals surface area contributed by atoms with E-state index >= 15 is 0 Å². The van der Waals surface area contributed by atoms with Crippen LogP contribution in [-0.2, 0) is 0 Å². The van der Waals surface area contributed by atoms with Crippen LogP contribution in [0, 0.1) is 36.5 Å². The Kier molecular flexibility index (Phi) is 3.47. The number of hydrogen-bond donors (Lipinski definition) is 0. The summed E-state index contributed by atoms with van der Waals surface area (Å²) in [4.78, 5) is 4.32. The van der Waals surface area contributed by atoms with Gasteiger partial charge in [-0.05, 0) is 44.0 Å². The Morgan fingerprint density at radius 3 is 2.17 bits per heavy atom. The van der Waals surface area contributed by atoms with Crippen LogP contribution in [0.3, 0.4) is 0 Å². The van der Waals surface area contributed by atoms with Gasteiger partial charge in [0.1, 0.15) is 18.3 Å². The molecule has 0 fully saturated rings. The van der Waals surface area contributed by atoms with Crippen molar-refractivity contribution in [1.29, 1.82) is 10.5 Å². The summed E-state index contributed by atoms with van der Waals surface area (Å²) in [5.41, 5.74) is 6.11. The first-order chi connectivity index (χ1) is 11.0. The van der Waals surface area contributed by atoms with E-state index in [1.165, 1.54) is 0 Å². The zero-order chi connectivity index (χ0) is 16.7. The quantitative estimate of drug-likeness (QED) is 0.799. The molecule has 23 heavy (non-hydrogen) atoms. The summed E-state index contributed by atoms with van der Waals surface area (Å²) in [5.74, 6) is 0. The van der Waals surface area contributed by atoms with Gasteiger partial charge in [0.05, 0.1) is 22.5 Å². The lowest BCUT2D eigenvalue weighted by Crippen LogP contribution is -2.36. The summed E-state index contributed by atoms with van der Waals surface area (Å²) >= 11 is 0. The highest BCUT2D eigenvalue weighted by atomic mass is 15.4. The van der Waals surface area contributed by atoms with E-state index < -0.39 is 0 Å². The lowest BCUT2D eigenvalue weighted by molar-refractivity contribution is 0.731. The Hall–Kier alpha value is -2.98. The third-order valence-corrected chi connectivity index (χ3v) is 4.62. The summed E-state index contributed by atoms with van der Waals surface area (Å²) < 4.78 is 0. The second kappa shape index (κ2) is 5.34. The highest BCUT2D eigenvalue weighted by Gasteiger charge is 2.36. The molecule has 0 spiro atoms. The summed E-state index contributed by atoms with van der Waals surface area (Å²) in [5, 5.41) is 19.0. The van der Waals surface area contributed by atoms with Crippen LogP contribution in [0.2, 0.25) is 0 Å². The number of anilines is 3. The maximum atomic E-state index is 9.64. The third kappa shape index (κ3) is 2.04. The van der Waals surface area contributed by atoms with Crippen LogP contribution in [0.15, 0.2) is 30.3 Å². The molecule has 2 aromatic carbocycles. The fourth-order valence-corrected chi connectivity index (χ4v) is 3.36. The molecule has 3 rings (SSSR count). The van der Waals surface area contributed by atoms with Gasteiger partial charge in [0, 0.05) is 12.7 Å². The van der Waals surface area contributed by atoms with Crippen molar-refractivity contribution in [2.75, 3.05) is 16.8 Å². The lowest BCUT2D eigenvalue weighted by atomic mass is 10.0. The predicted molar refractivity (Wildman–Crippen MR) is 91.8 cm³/mol. The molecule has 1 atom stereocenters. The first-order valence-electron chi connectivity index (χ1n) is 7.56. The van der Waals surface area contributed by atoms with Gasteiger partial charge in [-0.25, -0.2) is 0 Å². The number of aryl methyl sites for hydroxylation is 2. The first kappa shape index (κ1) is 14.9. The number of para-hydroxylation sites is 1. The molecular weight excluding hydrogens is 284 g/mol. The molecular formula is C19H18N4. The van der Waals surface area contributed by atoms with Gasteiger partial charge in [-0.1, -0.05) is 18.2 Å². The van der Waals surface area contributed by atoms with E-state index in [4.69, 9.17) is 0 Å². The Balaban J connectivity index is 2.36. The van der Waals surface area contributed by atoms with Gasteiger partial charge in [0.2, 0.25) is 0 Å². The minimum absolute atomic E-state index is 0.0749. The zero-order valence-electron chi connectivity index (χ0n) is 13.8. The Labute approximate surface area is 136 Å². The van der Waals surface area contributed by atoms with Crippen LogP contribution < -0.4 is 9.80 Å². The fourth-order valence-electron chi connectivity index (χ4n) is 3.36. The summed E-state index contributed by atoms with van der Waals surface area (Å²) in [6, 6.07) is 14.2. The standard InChI is InChI=1S/C19H18N4/c1-12-6-5-7-13(2)18(12)23-14(3)22(4)17-9-8-15(10-20)16(11-21)19(17)23/h5-9,14H,1-4H3/t14-/m0/s1. The molecule has 0 aliphatic carbocycles. The molecule has 0 saturated heterocycles. The average Bonchev–Trinajstić information content (AvgIpc) is 2.79. The van der Waals surface area contributed by atoms with Crippen LogP contribution in [-0.4, -0.2) is 13.2 Å². The van der Waals surface area contributed by atoms with E-state index in [0.717, 1.165) is 28.2 Å². The molecule has 0 N–H and O–H groups in total. The van der Waals surface area contributed by atoms with Crippen LogP contribution in [0.1, 0.15) is 29.2 Å². The van der Waals surface area contributed by atoms with Crippen molar-refractivity contribution in [3.8, 4) is 12.1 Å². The minimum atomic E-state index is 0.0749. The van der Waals surface area contributed by atoms with Gasteiger partial charge in [-0.2, -0.15) is 10.5 Å². The number of fused-ring (bicyclic) bond motifs is 1. The number of rotatable bonds is 1. The minimum Gasteiger partial charge on any atom is -0.352 e. The van der Waals surface area contributed by atoms with Gasteiger partial charge >= 0.3 is 0 Å². The molecule has 0 amide bonds. The number of nitriles is 2. The molecule has 114 valence electrons. The zero-order valence-corrected chi connectivity index (χ0v) is 13.8. The van der Waals surface area contributed by atoms with E-state index in [-0.39, 0.29) is 6.17 Å². The van der Waals surface area contributed by atoms with Crippen LogP contribution >= 0.6 is 0 Å². The van der Waals surface area contributed by atoms with Crippen molar-refractivity contribution in [2.45, 2.75) is 26.9 Å². The molecule has 1 aliphatic heterocycles. The Morgan fingerprint density at radius 1 is 0.957 bits per heavy atom. The van der Waals surface area contributed by atoms with Gasteiger partial charge in [0.15, 0.2) is 0 Å². The van der Waals surface area contributed by atoms with Crippen molar-refractivity contribution in [3.63, 3.8) is 0 Å². The predicted octanol–water partition coefficient (Wildman–Crippen LogP) is 3.98. The first-order valence-corrected chi connectivity index (χ1v) is 7.56. The highest BCUT2D eigenvalue weighted by Crippen LogP contribution is 2.47. The second-order valence-corrected chi connectivity index (χ2v) is 5.93. The normalized spacial score (nSPS) is 16.0. The van der Waals surface area contributed by atoms with Crippen molar-refractivity contribution >= 4 is 17.1 Å². The van der Waals surface area contributed by atoms with E-state index in [1.54, 1.807) is 6.07 Å². The summed E-state index contributed by atoms with van der Waals surface area (Å²) in [6.07, 6.45) is 0.0749. The maximum absolute atomic E-state index is 9.64. The summed E-state index contributed by atoms with van der Waals surface area (Å²) in [6.45, 7) is 6.26. The fraction of sp³-hybridized carbons (Fsp3) is 0.263. The van der Waals surface area contributed by atoms with E-state index in [2.05, 4.69) is 54.8 Å². The van der Waals surface area contributed by atoms with Gasteiger partial charge < -0.3 is 9.80 Å². The number of nitrogens with zero attached hydrogens (tertiary/aromatic N) is 4. The lowest BCUT2D eigenvalue weighted by Gasteiger charge is -2.30. The topological polar surface area (TPSA) is 54.1 Å². The highest BCUT2D eigenvalue weighted by molar-refractivity contribution is 5.90. The van der Waals surface area contributed by atoms with Gasteiger partial charge in [-0.3, -0.25) is 0 Å². The van der Waals surface area contributed by atoms with Crippen LogP contribution in [0.4, 0.5) is 17.1 Å². The third-order valence-electron chi connectivity index (χ3n) is 4.62. The molecule has 0 unspecified atom stereocenters. The smallest absolute Gasteiger partial charge is 0.103 e. The summed E-state index contributed by atoms with van der Waals surface area (Å²) in [7, 11) is 2.02. The number of hydrogen-bond acceptors (Lipinski definition) is 4. The molecule has 2 aromatic rings. The molecule has 0 saturated carbocycles.